The first-order valence-corrected chi connectivity index (χ1v) is 10.7. The Balaban J connectivity index is 1.35. The Kier molecular flexibility index (Phi) is 5.65. The van der Waals surface area contributed by atoms with E-state index < -0.39 is 0 Å². The fourth-order valence-electron chi connectivity index (χ4n) is 3.92. The van der Waals surface area contributed by atoms with Gasteiger partial charge in [0.2, 0.25) is 5.82 Å². The molecule has 0 amide bonds. The van der Waals surface area contributed by atoms with Gasteiger partial charge in [-0.05, 0) is 19.1 Å². The van der Waals surface area contributed by atoms with Gasteiger partial charge in [0.15, 0.2) is 0 Å². The summed E-state index contributed by atoms with van der Waals surface area (Å²) in [6.07, 6.45) is 3.30. The highest BCUT2D eigenvalue weighted by Crippen LogP contribution is 2.32. The molecular formula is C24H24N6O2. The van der Waals surface area contributed by atoms with Gasteiger partial charge in [-0.2, -0.15) is 4.98 Å². The average Bonchev–Trinajstić information content (AvgIpc) is 3.36. The van der Waals surface area contributed by atoms with E-state index in [4.69, 9.17) is 9.26 Å². The Morgan fingerprint density at radius 3 is 2.50 bits per heavy atom. The van der Waals surface area contributed by atoms with Crippen molar-refractivity contribution in [3.05, 3.63) is 67.1 Å². The molecule has 1 saturated heterocycles. The summed E-state index contributed by atoms with van der Waals surface area (Å²) in [6.45, 7) is 5.98. The SMILES string of the molecule is CCOc1ccccc1N1CCN(c2ncncc2-c2nc(-c3ccccc3)no2)CC1. The van der Waals surface area contributed by atoms with Crippen LogP contribution in [0.2, 0.25) is 0 Å². The molecule has 0 N–H and O–H groups in total. The average molecular weight is 428 g/mol. The van der Waals surface area contributed by atoms with Crippen molar-refractivity contribution in [3.8, 4) is 28.6 Å². The molecule has 0 aliphatic carbocycles. The number of piperazine rings is 1. The number of benzene rings is 2. The molecule has 8 heteroatoms. The monoisotopic (exact) mass is 428 g/mol. The molecule has 0 spiro atoms. The largest absolute Gasteiger partial charge is 0.492 e. The molecule has 0 saturated carbocycles. The highest BCUT2D eigenvalue weighted by molar-refractivity contribution is 5.71. The smallest absolute Gasteiger partial charge is 0.263 e. The summed E-state index contributed by atoms with van der Waals surface area (Å²) < 4.78 is 11.4. The second-order valence-electron chi connectivity index (χ2n) is 7.42. The van der Waals surface area contributed by atoms with Crippen LogP contribution in [0, 0.1) is 0 Å². The van der Waals surface area contributed by atoms with Gasteiger partial charge in [-0.3, -0.25) is 0 Å². The van der Waals surface area contributed by atoms with Crippen LogP contribution >= 0.6 is 0 Å². The minimum absolute atomic E-state index is 0.420. The molecule has 8 nitrogen and oxygen atoms in total. The van der Waals surface area contributed by atoms with Crippen LogP contribution in [0.3, 0.4) is 0 Å². The molecule has 0 bridgehead atoms. The lowest BCUT2D eigenvalue weighted by atomic mass is 10.2. The molecule has 32 heavy (non-hydrogen) atoms. The third-order valence-corrected chi connectivity index (χ3v) is 5.46. The van der Waals surface area contributed by atoms with Crippen molar-refractivity contribution in [3.63, 3.8) is 0 Å². The molecule has 162 valence electrons. The predicted octanol–water partition coefficient (Wildman–Crippen LogP) is 3.92. The van der Waals surface area contributed by atoms with Gasteiger partial charge in [0.25, 0.3) is 5.89 Å². The lowest BCUT2D eigenvalue weighted by Gasteiger charge is -2.37. The highest BCUT2D eigenvalue weighted by atomic mass is 16.5. The van der Waals surface area contributed by atoms with Gasteiger partial charge in [0, 0.05) is 37.9 Å². The second-order valence-corrected chi connectivity index (χ2v) is 7.42. The fourth-order valence-corrected chi connectivity index (χ4v) is 3.92. The van der Waals surface area contributed by atoms with Gasteiger partial charge in [0.1, 0.15) is 23.5 Å². The van der Waals surface area contributed by atoms with Crippen molar-refractivity contribution >= 4 is 11.5 Å². The van der Waals surface area contributed by atoms with Crippen LogP contribution in [0.1, 0.15) is 6.92 Å². The number of hydrogen-bond donors (Lipinski definition) is 0. The van der Waals surface area contributed by atoms with Crippen LogP contribution in [0.25, 0.3) is 22.8 Å². The molecule has 1 aliphatic rings. The molecule has 1 fully saturated rings. The molecule has 2 aromatic heterocycles. The number of hydrogen-bond acceptors (Lipinski definition) is 8. The first-order valence-electron chi connectivity index (χ1n) is 10.7. The summed E-state index contributed by atoms with van der Waals surface area (Å²) in [6, 6.07) is 18.0. The molecule has 1 aliphatic heterocycles. The third-order valence-electron chi connectivity index (χ3n) is 5.46. The van der Waals surface area contributed by atoms with Gasteiger partial charge in [0.05, 0.1) is 12.3 Å². The van der Waals surface area contributed by atoms with E-state index >= 15 is 0 Å². The van der Waals surface area contributed by atoms with Crippen molar-refractivity contribution in [1.29, 1.82) is 0 Å². The molecule has 0 atom stereocenters. The normalized spacial score (nSPS) is 13.9. The van der Waals surface area contributed by atoms with Gasteiger partial charge < -0.3 is 19.1 Å². The van der Waals surface area contributed by atoms with Gasteiger partial charge in [-0.1, -0.05) is 47.6 Å². The lowest BCUT2D eigenvalue weighted by molar-refractivity contribution is 0.340. The van der Waals surface area contributed by atoms with E-state index in [1.165, 1.54) is 0 Å². The number of para-hydroxylation sites is 2. The zero-order valence-corrected chi connectivity index (χ0v) is 17.9. The molecule has 4 aromatic rings. The molecule has 3 heterocycles. The third kappa shape index (κ3) is 3.99. The fraction of sp³-hybridized carbons (Fsp3) is 0.250. The van der Waals surface area contributed by atoms with Gasteiger partial charge >= 0.3 is 0 Å². The second kappa shape index (κ2) is 9.05. The molecule has 2 aromatic carbocycles. The number of nitrogens with zero attached hydrogens (tertiary/aromatic N) is 6. The Hall–Kier alpha value is -3.94. The van der Waals surface area contributed by atoms with E-state index in [9.17, 15) is 0 Å². The number of ether oxygens (including phenoxy) is 1. The number of rotatable bonds is 6. The predicted molar refractivity (Wildman–Crippen MR) is 123 cm³/mol. The van der Waals surface area contributed by atoms with Gasteiger partial charge in [-0.25, -0.2) is 9.97 Å². The minimum atomic E-state index is 0.420. The molecule has 5 rings (SSSR count). The first-order chi connectivity index (χ1) is 15.8. The standard InChI is InChI=1S/C24H24N6O2/c1-2-31-21-11-7-6-10-20(21)29-12-14-30(15-13-29)23-19(16-25-17-26-23)24-27-22(28-32-24)18-8-4-3-5-9-18/h3-11,16-17H,2,12-15H2,1H3. The summed E-state index contributed by atoms with van der Waals surface area (Å²) in [5, 5.41) is 4.15. The van der Waals surface area contributed by atoms with E-state index in [2.05, 4.69) is 36.0 Å². The maximum Gasteiger partial charge on any atom is 0.263 e. The van der Waals surface area contributed by atoms with Crippen molar-refractivity contribution < 1.29 is 9.26 Å². The van der Waals surface area contributed by atoms with Crippen molar-refractivity contribution in [2.24, 2.45) is 0 Å². The Morgan fingerprint density at radius 2 is 1.69 bits per heavy atom. The van der Waals surface area contributed by atoms with Crippen molar-refractivity contribution in [1.82, 2.24) is 20.1 Å². The zero-order valence-electron chi connectivity index (χ0n) is 17.9. The number of anilines is 2. The van der Waals surface area contributed by atoms with Crippen LogP contribution in [0.4, 0.5) is 11.5 Å². The Labute approximate surface area is 186 Å². The van der Waals surface area contributed by atoms with Crippen LogP contribution < -0.4 is 14.5 Å². The van der Waals surface area contributed by atoms with Crippen LogP contribution in [-0.4, -0.2) is 52.9 Å². The summed E-state index contributed by atoms with van der Waals surface area (Å²) in [4.78, 5) is 17.9. The summed E-state index contributed by atoms with van der Waals surface area (Å²) >= 11 is 0. The summed E-state index contributed by atoms with van der Waals surface area (Å²) in [5.74, 6) is 2.70. The quantitative estimate of drug-likeness (QED) is 0.457. The van der Waals surface area contributed by atoms with E-state index in [1.54, 1.807) is 12.5 Å². The van der Waals surface area contributed by atoms with E-state index in [1.807, 2.05) is 55.5 Å². The summed E-state index contributed by atoms with van der Waals surface area (Å²) in [5.41, 5.74) is 2.77. The maximum absolute atomic E-state index is 5.81. The summed E-state index contributed by atoms with van der Waals surface area (Å²) in [7, 11) is 0. The van der Waals surface area contributed by atoms with Crippen LogP contribution in [0.15, 0.2) is 71.6 Å². The first kappa shape index (κ1) is 20.0. The van der Waals surface area contributed by atoms with E-state index in [0.717, 1.165) is 54.6 Å². The lowest BCUT2D eigenvalue weighted by Crippen LogP contribution is -2.47. The van der Waals surface area contributed by atoms with E-state index in [-0.39, 0.29) is 0 Å². The van der Waals surface area contributed by atoms with E-state index in [0.29, 0.717) is 18.3 Å². The Bertz CT molecular complexity index is 1170. The minimum Gasteiger partial charge on any atom is -0.492 e. The Morgan fingerprint density at radius 1 is 0.938 bits per heavy atom. The maximum atomic E-state index is 5.81. The van der Waals surface area contributed by atoms with Crippen molar-refractivity contribution in [2.45, 2.75) is 6.92 Å². The van der Waals surface area contributed by atoms with Gasteiger partial charge in [-0.15, -0.1) is 0 Å². The molecule has 0 unspecified atom stereocenters. The molecule has 0 radical (unpaired) electrons. The van der Waals surface area contributed by atoms with Crippen LogP contribution in [0.5, 0.6) is 5.75 Å². The zero-order chi connectivity index (χ0) is 21.8. The number of aromatic nitrogens is 4. The van der Waals surface area contributed by atoms with Crippen LogP contribution in [-0.2, 0) is 0 Å². The molecular weight excluding hydrogens is 404 g/mol. The van der Waals surface area contributed by atoms with Crippen molar-refractivity contribution in [2.75, 3.05) is 42.6 Å². The topological polar surface area (TPSA) is 80.4 Å². The highest BCUT2D eigenvalue weighted by Gasteiger charge is 2.24.